The number of carbonyl (C=O) groups is 1. The molecule has 2 aromatic heterocycles. The van der Waals surface area contributed by atoms with Crippen molar-refractivity contribution in [1.82, 2.24) is 30.1 Å². The highest BCUT2D eigenvalue weighted by Gasteiger charge is 2.39. The molecule has 1 amide bonds. The quantitative estimate of drug-likeness (QED) is 0.748. The molecule has 2 N–H and O–H groups in total. The third kappa shape index (κ3) is 2.76. The Kier molecular flexibility index (Phi) is 3.99. The second kappa shape index (κ2) is 6.21. The smallest absolute Gasteiger partial charge is 0.254 e. The minimum Gasteiger partial charge on any atom is -0.382 e. The molecule has 3 aromatic rings. The molecule has 3 heterocycles. The summed E-state index contributed by atoms with van der Waals surface area (Å²) >= 11 is 0. The van der Waals surface area contributed by atoms with Gasteiger partial charge in [-0.3, -0.25) is 9.89 Å². The lowest BCUT2D eigenvalue weighted by atomic mass is 9.89. The van der Waals surface area contributed by atoms with E-state index >= 15 is 0 Å². The van der Waals surface area contributed by atoms with Crippen LogP contribution < -0.4 is 0 Å². The zero-order valence-corrected chi connectivity index (χ0v) is 14.9. The standard InChI is InChI=1S/C18H22N6O2/c1-12(2)24-10-16(21-22-24)18(26)7-4-8-23(11-18)17(25)13-5-3-6-15-14(13)9-19-20-15/h3,5-6,9-10,12,26H,4,7-8,11H2,1-2H3,(H,19,20)/t18-/m0/s1. The van der Waals surface area contributed by atoms with Gasteiger partial charge in [-0.05, 0) is 38.8 Å². The number of H-pyrrole nitrogens is 1. The fraction of sp³-hybridized carbons (Fsp3) is 0.444. The number of carbonyl (C=O) groups excluding carboxylic acids is 1. The Morgan fingerprint density at radius 3 is 3.00 bits per heavy atom. The summed E-state index contributed by atoms with van der Waals surface area (Å²) in [4.78, 5) is 14.8. The first-order valence-corrected chi connectivity index (χ1v) is 8.84. The summed E-state index contributed by atoms with van der Waals surface area (Å²) in [5.41, 5.74) is 0.755. The lowest BCUT2D eigenvalue weighted by molar-refractivity contribution is -0.0320. The van der Waals surface area contributed by atoms with E-state index < -0.39 is 5.60 Å². The monoisotopic (exact) mass is 354 g/mol. The summed E-state index contributed by atoms with van der Waals surface area (Å²) in [6.45, 7) is 4.82. The van der Waals surface area contributed by atoms with Crippen molar-refractivity contribution in [2.24, 2.45) is 0 Å². The molecular formula is C18H22N6O2. The molecule has 0 unspecified atom stereocenters. The van der Waals surface area contributed by atoms with E-state index in [0.717, 1.165) is 10.9 Å². The van der Waals surface area contributed by atoms with Crippen LogP contribution in [-0.4, -0.2) is 54.2 Å². The molecule has 1 aliphatic heterocycles. The van der Waals surface area contributed by atoms with Crippen LogP contribution in [0, 0.1) is 0 Å². The molecule has 1 aromatic carbocycles. The van der Waals surface area contributed by atoms with Crippen LogP contribution in [-0.2, 0) is 5.60 Å². The lowest BCUT2D eigenvalue weighted by Gasteiger charge is -2.38. The van der Waals surface area contributed by atoms with Crippen LogP contribution in [0.4, 0.5) is 0 Å². The predicted octanol–water partition coefficient (Wildman–Crippen LogP) is 1.86. The maximum absolute atomic E-state index is 13.1. The molecule has 4 rings (SSSR count). The number of benzene rings is 1. The molecule has 26 heavy (non-hydrogen) atoms. The van der Waals surface area contributed by atoms with Crippen LogP contribution >= 0.6 is 0 Å². The topological polar surface area (TPSA) is 99.9 Å². The predicted molar refractivity (Wildman–Crippen MR) is 95.5 cm³/mol. The van der Waals surface area contributed by atoms with Crippen LogP contribution in [0.1, 0.15) is 48.8 Å². The van der Waals surface area contributed by atoms with Gasteiger partial charge in [0.25, 0.3) is 5.91 Å². The molecule has 1 saturated heterocycles. The third-order valence-corrected chi connectivity index (χ3v) is 4.99. The van der Waals surface area contributed by atoms with Crippen LogP contribution in [0.3, 0.4) is 0 Å². The van der Waals surface area contributed by atoms with Crippen molar-refractivity contribution in [3.63, 3.8) is 0 Å². The van der Waals surface area contributed by atoms with Crippen molar-refractivity contribution in [2.45, 2.75) is 38.3 Å². The van der Waals surface area contributed by atoms with E-state index in [9.17, 15) is 9.90 Å². The number of nitrogens with one attached hydrogen (secondary N) is 1. The van der Waals surface area contributed by atoms with Crippen molar-refractivity contribution in [3.8, 4) is 0 Å². The van der Waals surface area contributed by atoms with Gasteiger partial charge in [0.15, 0.2) is 0 Å². The Morgan fingerprint density at radius 1 is 1.38 bits per heavy atom. The number of β-amino-alcohol motifs (C(OH)–C–C–N with tert-alkyl or cyclic N) is 1. The van der Waals surface area contributed by atoms with Gasteiger partial charge in [0.1, 0.15) is 11.3 Å². The summed E-state index contributed by atoms with van der Waals surface area (Å²) in [5.74, 6) is -0.105. The van der Waals surface area contributed by atoms with Gasteiger partial charge in [0, 0.05) is 18.0 Å². The van der Waals surface area contributed by atoms with Crippen molar-refractivity contribution in [2.75, 3.05) is 13.1 Å². The normalized spacial score (nSPS) is 20.8. The van der Waals surface area contributed by atoms with E-state index in [0.29, 0.717) is 30.6 Å². The number of piperidine rings is 1. The third-order valence-electron chi connectivity index (χ3n) is 4.99. The second-order valence-corrected chi connectivity index (χ2v) is 7.18. The molecule has 0 spiro atoms. The Labute approximate surface area is 150 Å². The average Bonchev–Trinajstić information content (AvgIpc) is 3.30. The number of rotatable bonds is 3. The number of hydrogen-bond acceptors (Lipinski definition) is 5. The molecule has 136 valence electrons. The molecule has 8 heteroatoms. The number of amides is 1. The van der Waals surface area contributed by atoms with Gasteiger partial charge in [-0.25, -0.2) is 4.68 Å². The number of hydrogen-bond donors (Lipinski definition) is 2. The summed E-state index contributed by atoms with van der Waals surface area (Å²) in [7, 11) is 0. The van der Waals surface area contributed by atoms with Gasteiger partial charge in [0.05, 0.1) is 30.0 Å². The first kappa shape index (κ1) is 16.7. The number of aromatic nitrogens is 5. The number of likely N-dealkylation sites (tertiary alicyclic amines) is 1. The molecule has 0 saturated carbocycles. The molecule has 0 aliphatic carbocycles. The van der Waals surface area contributed by atoms with Gasteiger partial charge in [-0.1, -0.05) is 11.3 Å². The number of aromatic amines is 1. The van der Waals surface area contributed by atoms with Gasteiger partial charge in [-0.15, -0.1) is 5.10 Å². The van der Waals surface area contributed by atoms with E-state index in [-0.39, 0.29) is 18.5 Å². The fourth-order valence-electron chi connectivity index (χ4n) is 3.49. The van der Waals surface area contributed by atoms with Crippen molar-refractivity contribution in [1.29, 1.82) is 0 Å². The van der Waals surface area contributed by atoms with Crippen LogP contribution in [0.25, 0.3) is 10.9 Å². The Bertz CT molecular complexity index is 946. The number of aliphatic hydroxyl groups is 1. The molecule has 1 fully saturated rings. The first-order chi connectivity index (χ1) is 12.5. The second-order valence-electron chi connectivity index (χ2n) is 7.18. The van der Waals surface area contributed by atoms with Crippen LogP contribution in [0.5, 0.6) is 0 Å². The highest BCUT2D eigenvalue weighted by molar-refractivity contribution is 6.06. The summed E-state index contributed by atoms with van der Waals surface area (Å²) in [5, 5.41) is 27.1. The van der Waals surface area contributed by atoms with E-state index in [2.05, 4.69) is 20.5 Å². The first-order valence-electron chi connectivity index (χ1n) is 8.84. The molecule has 1 atom stereocenters. The van der Waals surface area contributed by atoms with Gasteiger partial charge >= 0.3 is 0 Å². The maximum atomic E-state index is 13.1. The summed E-state index contributed by atoms with van der Waals surface area (Å²) in [6, 6.07) is 5.68. The van der Waals surface area contributed by atoms with E-state index in [4.69, 9.17) is 0 Å². The Morgan fingerprint density at radius 2 is 2.23 bits per heavy atom. The Balaban J connectivity index is 1.61. The lowest BCUT2D eigenvalue weighted by Crippen LogP contribution is -2.48. The molecule has 1 aliphatic rings. The van der Waals surface area contributed by atoms with Gasteiger partial charge in [-0.2, -0.15) is 5.10 Å². The molecule has 0 radical (unpaired) electrons. The average molecular weight is 354 g/mol. The molecule has 8 nitrogen and oxygen atoms in total. The Hall–Kier alpha value is -2.74. The summed E-state index contributed by atoms with van der Waals surface area (Å²) in [6.07, 6.45) is 4.70. The fourth-order valence-corrected chi connectivity index (χ4v) is 3.49. The minimum absolute atomic E-state index is 0.105. The van der Waals surface area contributed by atoms with E-state index in [1.165, 1.54) is 0 Å². The summed E-state index contributed by atoms with van der Waals surface area (Å²) < 4.78 is 1.72. The van der Waals surface area contributed by atoms with Crippen molar-refractivity contribution < 1.29 is 9.90 Å². The maximum Gasteiger partial charge on any atom is 0.254 e. The minimum atomic E-state index is -1.18. The molecule has 0 bridgehead atoms. The van der Waals surface area contributed by atoms with Crippen molar-refractivity contribution >= 4 is 16.8 Å². The zero-order chi connectivity index (χ0) is 18.3. The van der Waals surface area contributed by atoms with Crippen LogP contribution in [0.15, 0.2) is 30.6 Å². The van der Waals surface area contributed by atoms with E-state index in [1.807, 2.05) is 26.0 Å². The van der Waals surface area contributed by atoms with E-state index in [1.54, 1.807) is 28.0 Å². The zero-order valence-electron chi connectivity index (χ0n) is 14.9. The number of nitrogens with zero attached hydrogens (tertiary/aromatic N) is 5. The molecular weight excluding hydrogens is 332 g/mol. The van der Waals surface area contributed by atoms with Gasteiger partial charge in [0.2, 0.25) is 0 Å². The SMILES string of the molecule is CC(C)n1cc([C@]2(O)CCCN(C(=O)c3cccc4[nH]ncc34)C2)nn1. The number of fused-ring (bicyclic) bond motifs is 1. The highest BCUT2D eigenvalue weighted by Crippen LogP contribution is 2.31. The van der Waals surface area contributed by atoms with Gasteiger partial charge < -0.3 is 10.0 Å². The van der Waals surface area contributed by atoms with Crippen LogP contribution in [0.2, 0.25) is 0 Å². The van der Waals surface area contributed by atoms with Crippen molar-refractivity contribution in [3.05, 3.63) is 41.9 Å². The highest BCUT2D eigenvalue weighted by atomic mass is 16.3. The largest absolute Gasteiger partial charge is 0.382 e.